The number of halogens is 1. The number of rotatable bonds is 7. The maximum Gasteiger partial charge on any atom is 0.310 e. The van der Waals surface area contributed by atoms with Crippen LogP contribution >= 0.6 is 24.0 Å². The molecule has 0 saturated heterocycles. The second-order valence-corrected chi connectivity index (χ2v) is 6.17. The first-order chi connectivity index (χ1) is 11.3. The van der Waals surface area contributed by atoms with Gasteiger partial charge in [0.2, 0.25) is 0 Å². The molecule has 0 radical (unpaired) electrons. The van der Waals surface area contributed by atoms with Gasteiger partial charge in [-0.1, -0.05) is 6.92 Å². The van der Waals surface area contributed by atoms with Crippen LogP contribution in [0.2, 0.25) is 0 Å². The number of carbonyl (C=O) groups excluding carboxylic acids is 1. The van der Waals surface area contributed by atoms with Crippen molar-refractivity contribution in [1.29, 1.82) is 0 Å². The lowest BCUT2D eigenvalue weighted by Crippen LogP contribution is -2.43. The van der Waals surface area contributed by atoms with E-state index in [4.69, 9.17) is 4.74 Å². The van der Waals surface area contributed by atoms with E-state index in [1.54, 1.807) is 0 Å². The second kappa shape index (κ2) is 11.3. The average Bonchev–Trinajstić information content (AvgIpc) is 2.78. The number of hydrogen-bond acceptors (Lipinski definition) is 4. The van der Waals surface area contributed by atoms with Crippen molar-refractivity contribution in [3.63, 3.8) is 0 Å². The first-order valence-electron chi connectivity index (χ1n) is 8.41. The molecule has 0 spiro atoms. The summed E-state index contributed by atoms with van der Waals surface area (Å²) in [4.78, 5) is 16.0. The van der Waals surface area contributed by atoms with Crippen molar-refractivity contribution < 1.29 is 9.53 Å². The number of esters is 1. The quantitative estimate of drug-likeness (QED) is 0.279. The third-order valence-corrected chi connectivity index (χ3v) is 4.02. The zero-order chi connectivity index (χ0) is 18.3. The first kappa shape index (κ1) is 23.7. The minimum Gasteiger partial charge on any atom is -0.469 e. The van der Waals surface area contributed by atoms with Crippen molar-refractivity contribution in [2.24, 2.45) is 18.0 Å². The number of aromatic nitrogens is 2. The highest BCUT2D eigenvalue weighted by Crippen LogP contribution is 2.14. The Hall–Kier alpha value is -1.32. The molecule has 0 amide bonds. The highest BCUT2D eigenvalue weighted by atomic mass is 127. The molecule has 8 heteroatoms. The van der Waals surface area contributed by atoms with Crippen molar-refractivity contribution in [2.75, 3.05) is 20.2 Å². The van der Waals surface area contributed by atoms with E-state index in [1.807, 2.05) is 32.5 Å². The van der Waals surface area contributed by atoms with E-state index in [2.05, 4.69) is 34.6 Å². The average molecular weight is 465 g/mol. The van der Waals surface area contributed by atoms with Crippen LogP contribution in [0.1, 0.15) is 37.7 Å². The molecule has 2 N–H and O–H groups in total. The van der Waals surface area contributed by atoms with Gasteiger partial charge in [0, 0.05) is 25.3 Å². The molecular formula is C17H32IN5O2. The maximum atomic E-state index is 11.5. The molecule has 0 saturated carbocycles. The molecule has 0 fully saturated rings. The third-order valence-electron chi connectivity index (χ3n) is 4.02. The summed E-state index contributed by atoms with van der Waals surface area (Å²) in [7, 11) is 3.36. The number of hydrogen-bond donors (Lipinski definition) is 2. The van der Waals surface area contributed by atoms with E-state index in [1.165, 1.54) is 18.4 Å². The fraction of sp³-hybridized carbons (Fsp3) is 0.706. The van der Waals surface area contributed by atoms with Crippen LogP contribution in [0.3, 0.4) is 0 Å². The number of aliphatic imine (C=N–C) groups is 1. The summed E-state index contributed by atoms with van der Waals surface area (Å²) in [6.07, 6.45) is 0.864. The van der Waals surface area contributed by atoms with Gasteiger partial charge in [-0.2, -0.15) is 5.10 Å². The Labute approximate surface area is 168 Å². The monoisotopic (exact) mass is 465 g/mol. The largest absolute Gasteiger partial charge is 0.469 e. The van der Waals surface area contributed by atoms with Gasteiger partial charge in [-0.3, -0.25) is 14.5 Å². The Kier molecular flexibility index (Phi) is 10.7. The summed E-state index contributed by atoms with van der Waals surface area (Å²) in [6, 6.07) is 0.192. The molecule has 1 aromatic heterocycles. The lowest BCUT2D eigenvalue weighted by molar-refractivity contribution is -0.144. The third kappa shape index (κ3) is 7.21. The van der Waals surface area contributed by atoms with Crippen molar-refractivity contribution in [3.8, 4) is 0 Å². The molecule has 1 heterocycles. The first-order valence-corrected chi connectivity index (χ1v) is 8.41. The summed E-state index contributed by atoms with van der Waals surface area (Å²) >= 11 is 0. The maximum absolute atomic E-state index is 11.5. The van der Waals surface area contributed by atoms with Gasteiger partial charge in [0.05, 0.1) is 25.3 Å². The molecule has 0 aliphatic heterocycles. The summed E-state index contributed by atoms with van der Waals surface area (Å²) in [6.45, 7) is 11.2. The summed E-state index contributed by atoms with van der Waals surface area (Å²) in [5, 5.41) is 11.1. The number of nitrogens with one attached hydrogen (secondary N) is 2. The molecule has 0 bridgehead atoms. The van der Waals surface area contributed by atoms with Crippen LogP contribution in [0.25, 0.3) is 0 Å². The molecule has 144 valence electrons. The van der Waals surface area contributed by atoms with E-state index >= 15 is 0 Å². The molecule has 2 unspecified atom stereocenters. The second-order valence-electron chi connectivity index (χ2n) is 6.17. The number of nitrogens with zero attached hydrogens (tertiary/aromatic N) is 3. The summed E-state index contributed by atoms with van der Waals surface area (Å²) in [5.41, 5.74) is 3.50. The molecule has 1 rings (SSSR count). The van der Waals surface area contributed by atoms with Gasteiger partial charge in [0.15, 0.2) is 5.96 Å². The van der Waals surface area contributed by atoms with Crippen molar-refractivity contribution in [3.05, 3.63) is 17.0 Å². The molecule has 0 aliphatic rings. The molecule has 1 aromatic rings. The predicted octanol–water partition coefficient (Wildman–Crippen LogP) is 1.95. The highest BCUT2D eigenvalue weighted by molar-refractivity contribution is 14.0. The van der Waals surface area contributed by atoms with Gasteiger partial charge in [-0.05, 0) is 39.7 Å². The van der Waals surface area contributed by atoms with Gasteiger partial charge in [0.1, 0.15) is 0 Å². The summed E-state index contributed by atoms with van der Waals surface area (Å²) < 4.78 is 6.65. The van der Waals surface area contributed by atoms with Crippen LogP contribution in [0, 0.1) is 19.8 Å². The van der Waals surface area contributed by atoms with Crippen LogP contribution in [-0.2, 0) is 23.0 Å². The van der Waals surface area contributed by atoms with Crippen molar-refractivity contribution in [2.45, 2.75) is 47.1 Å². The van der Waals surface area contributed by atoms with E-state index in [9.17, 15) is 4.79 Å². The van der Waals surface area contributed by atoms with E-state index < -0.39 is 0 Å². The number of ether oxygens (including phenoxy) is 1. The zero-order valence-electron chi connectivity index (χ0n) is 16.3. The van der Waals surface area contributed by atoms with E-state index in [0.29, 0.717) is 12.5 Å². The predicted molar refractivity (Wildman–Crippen MR) is 112 cm³/mol. The Balaban J connectivity index is 0.00000576. The molecule has 0 aromatic carbocycles. The smallest absolute Gasteiger partial charge is 0.310 e. The van der Waals surface area contributed by atoms with E-state index in [-0.39, 0.29) is 41.9 Å². The fourth-order valence-electron chi connectivity index (χ4n) is 2.53. The number of guanidine groups is 1. The zero-order valence-corrected chi connectivity index (χ0v) is 18.7. The van der Waals surface area contributed by atoms with Crippen LogP contribution in [0.5, 0.6) is 0 Å². The lowest BCUT2D eigenvalue weighted by Gasteiger charge is -2.18. The van der Waals surface area contributed by atoms with Crippen molar-refractivity contribution >= 4 is 35.9 Å². The normalized spacial score (nSPS) is 13.6. The minimum absolute atomic E-state index is 0. The Morgan fingerprint density at radius 3 is 2.48 bits per heavy atom. The Bertz CT molecular complexity index is 586. The molecule has 25 heavy (non-hydrogen) atoms. The molecular weight excluding hydrogens is 433 g/mol. The highest BCUT2D eigenvalue weighted by Gasteiger charge is 2.15. The lowest BCUT2D eigenvalue weighted by atomic mass is 10.1. The van der Waals surface area contributed by atoms with Gasteiger partial charge in [0.25, 0.3) is 0 Å². The number of carbonyl (C=O) groups is 1. The minimum atomic E-state index is -0.261. The van der Waals surface area contributed by atoms with Gasteiger partial charge in [-0.15, -0.1) is 24.0 Å². The molecule has 0 aliphatic carbocycles. The number of aryl methyl sites for hydroxylation is 2. The van der Waals surface area contributed by atoms with Crippen LogP contribution in [0.15, 0.2) is 4.99 Å². The topological polar surface area (TPSA) is 80.5 Å². The summed E-state index contributed by atoms with van der Waals surface area (Å²) in [5.74, 6) is 0.202. The Morgan fingerprint density at radius 1 is 1.36 bits per heavy atom. The fourth-order valence-corrected chi connectivity index (χ4v) is 2.53. The van der Waals surface area contributed by atoms with E-state index in [0.717, 1.165) is 18.7 Å². The molecule has 7 nitrogen and oxygen atoms in total. The molecule has 2 atom stereocenters. The van der Waals surface area contributed by atoms with Crippen LogP contribution in [-0.4, -0.2) is 48.0 Å². The SMILES string of the molecule is CCNC(=NCC(C)C(=O)OC)NC(C)Cc1c(C)nn(C)c1C.I. The van der Waals surface area contributed by atoms with Crippen LogP contribution < -0.4 is 10.6 Å². The van der Waals surface area contributed by atoms with Crippen LogP contribution in [0.4, 0.5) is 0 Å². The van der Waals surface area contributed by atoms with Gasteiger partial charge in [-0.25, -0.2) is 0 Å². The number of methoxy groups -OCH3 is 1. The van der Waals surface area contributed by atoms with Gasteiger partial charge >= 0.3 is 5.97 Å². The van der Waals surface area contributed by atoms with Crippen molar-refractivity contribution in [1.82, 2.24) is 20.4 Å². The Morgan fingerprint density at radius 2 is 2.00 bits per heavy atom. The standard InChI is InChI=1S/C17H31N5O2.HI/c1-8-18-17(19-10-11(2)16(23)24-7)20-12(3)9-15-13(4)21-22(6)14(15)5;/h11-12H,8-10H2,1-7H3,(H2,18,19,20);1H. The van der Waals surface area contributed by atoms with Gasteiger partial charge < -0.3 is 15.4 Å².